The second-order valence-corrected chi connectivity index (χ2v) is 8.54. The van der Waals surface area contributed by atoms with Crippen LogP contribution in [0.25, 0.3) is 10.2 Å². The zero-order valence-corrected chi connectivity index (χ0v) is 16.8. The molecule has 0 spiro atoms. The highest BCUT2D eigenvalue weighted by atomic mass is 32.1. The van der Waals surface area contributed by atoms with Crippen LogP contribution in [0.5, 0.6) is 0 Å². The molecule has 3 aromatic heterocycles. The number of carbonyl (C=O) groups excluding carboxylic acids is 2. The summed E-state index contributed by atoms with van der Waals surface area (Å²) in [6.45, 7) is 1.09. The van der Waals surface area contributed by atoms with Crippen molar-refractivity contribution < 1.29 is 9.59 Å². The lowest BCUT2D eigenvalue weighted by Crippen LogP contribution is -2.35. The van der Waals surface area contributed by atoms with Crippen LogP contribution in [0.3, 0.4) is 0 Å². The lowest BCUT2D eigenvalue weighted by atomic mass is 10.1. The fourth-order valence-corrected chi connectivity index (χ4v) is 4.99. The second kappa shape index (κ2) is 7.34. The Morgan fingerprint density at radius 3 is 2.93 bits per heavy atom. The summed E-state index contributed by atoms with van der Waals surface area (Å²) in [5.74, 6) is -0.291. The number of pyridine rings is 1. The fraction of sp³-hybridized carbons (Fsp3) is 0.150. The molecular weight excluding hydrogens is 406 g/mol. The van der Waals surface area contributed by atoms with Crippen molar-refractivity contribution in [1.29, 1.82) is 0 Å². The maximum Gasteiger partial charge on any atom is 0.276 e. The maximum atomic E-state index is 13.0. The van der Waals surface area contributed by atoms with E-state index in [0.29, 0.717) is 35.9 Å². The van der Waals surface area contributed by atoms with Gasteiger partial charge < -0.3 is 4.90 Å². The molecule has 144 valence electrons. The quantitative estimate of drug-likeness (QED) is 0.546. The standard InChI is InChI=1S/C20H15N5O2S2/c26-18(15-3-1-2-7-21-15)24-20-23-14-6-8-25(10-17(14)29-20)19(27)12-4-5-13-16(9-12)28-11-22-13/h1-5,7,9,11H,6,8,10H2,(H,23,24,26). The Hall–Kier alpha value is -3.17. The monoisotopic (exact) mass is 421 g/mol. The summed E-state index contributed by atoms with van der Waals surface area (Å²) in [6.07, 6.45) is 2.24. The van der Waals surface area contributed by atoms with Crippen molar-refractivity contribution in [2.75, 3.05) is 11.9 Å². The van der Waals surface area contributed by atoms with Crippen molar-refractivity contribution in [2.24, 2.45) is 0 Å². The molecule has 0 unspecified atom stereocenters. The Morgan fingerprint density at radius 2 is 2.07 bits per heavy atom. The molecule has 9 heteroatoms. The summed E-state index contributed by atoms with van der Waals surface area (Å²) in [5, 5.41) is 3.34. The number of rotatable bonds is 3. The van der Waals surface area contributed by atoms with E-state index in [9.17, 15) is 9.59 Å². The Bertz CT molecular complexity index is 1220. The molecule has 0 saturated carbocycles. The van der Waals surface area contributed by atoms with Crippen LogP contribution in [-0.2, 0) is 13.0 Å². The number of hydrogen-bond donors (Lipinski definition) is 1. The predicted molar refractivity (Wildman–Crippen MR) is 112 cm³/mol. The fourth-order valence-electron chi connectivity index (χ4n) is 3.25. The summed E-state index contributed by atoms with van der Waals surface area (Å²) in [6, 6.07) is 10.8. The Labute approximate surface area is 174 Å². The first-order valence-electron chi connectivity index (χ1n) is 9.01. The van der Waals surface area contributed by atoms with E-state index in [0.717, 1.165) is 20.8 Å². The molecule has 0 atom stereocenters. The Morgan fingerprint density at radius 1 is 1.14 bits per heavy atom. The van der Waals surface area contributed by atoms with Crippen LogP contribution in [0.4, 0.5) is 5.13 Å². The van der Waals surface area contributed by atoms with Crippen molar-refractivity contribution in [2.45, 2.75) is 13.0 Å². The molecule has 5 rings (SSSR count). The van der Waals surface area contributed by atoms with Gasteiger partial charge in [0.1, 0.15) is 5.69 Å². The highest BCUT2D eigenvalue weighted by Gasteiger charge is 2.25. The summed E-state index contributed by atoms with van der Waals surface area (Å²) in [4.78, 5) is 40.9. The summed E-state index contributed by atoms with van der Waals surface area (Å²) >= 11 is 2.93. The second-order valence-electron chi connectivity index (χ2n) is 6.57. The van der Waals surface area contributed by atoms with Gasteiger partial charge in [-0.1, -0.05) is 17.4 Å². The molecule has 1 aliphatic heterocycles. The van der Waals surface area contributed by atoms with Gasteiger partial charge in [-0.3, -0.25) is 19.9 Å². The third kappa shape index (κ3) is 3.50. The largest absolute Gasteiger partial charge is 0.333 e. The van der Waals surface area contributed by atoms with Crippen LogP contribution >= 0.6 is 22.7 Å². The van der Waals surface area contributed by atoms with E-state index in [4.69, 9.17) is 0 Å². The van der Waals surface area contributed by atoms with E-state index < -0.39 is 0 Å². The van der Waals surface area contributed by atoms with E-state index in [1.807, 2.05) is 23.1 Å². The van der Waals surface area contributed by atoms with E-state index in [1.165, 1.54) is 22.7 Å². The third-order valence-corrected chi connectivity index (χ3v) is 6.50. The number of fused-ring (bicyclic) bond motifs is 2. The molecule has 2 amide bonds. The lowest BCUT2D eigenvalue weighted by Gasteiger charge is -2.26. The van der Waals surface area contributed by atoms with Crippen molar-refractivity contribution in [3.8, 4) is 0 Å². The topological polar surface area (TPSA) is 88.1 Å². The molecular formula is C20H15N5O2S2. The number of thiazole rings is 2. The summed E-state index contributed by atoms with van der Waals surface area (Å²) in [7, 11) is 0. The normalized spacial score (nSPS) is 13.3. The predicted octanol–water partition coefficient (Wildman–Crippen LogP) is 3.60. The van der Waals surface area contributed by atoms with Crippen molar-refractivity contribution in [1.82, 2.24) is 19.9 Å². The molecule has 1 N–H and O–H groups in total. The summed E-state index contributed by atoms with van der Waals surface area (Å²) < 4.78 is 1.01. The first-order chi connectivity index (χ1) is 14.2. The molecule has 0 saturated heterocycles. The number of nitrogens with zero attached hydrogens (tertiary/aromatic N) is 4. The van der Waals surface area contributed by atoms with Gasteiger partial charge >= 0.3 is 0 Å². The number of amides is 2. The van der Waals surface area contributed by atoms with Crippen molar-refractivity contribution in [3.63, 3.8) is 0 Å². The first kappa shape index (κ1) is 17.9. The van der Waals surface area contributed by atoms with Crippen molar-refractivity contribution >= 4 is 49.8 Å². The van der Waals surface area contributed by atoms with Gasteiger partial charge in [0, 0.05) is 29.6 Å². The SMILES string of the molecule is O=C(Nc1nc2c(s1)CN(C(=O)c1ccc3ncsc3c1)CC2)c1ccccn1. The Kier molecular flexibility index (Phi) is 4.53. The molecule has 7 nitrogen and oxygen atoms in total. The number of anilines is 1. The minimum Gasteiger partial charge on any atom is -0.333 e. The lowest BCUT2D eigenvalue weighted by molar-refractivity contribution is 0.0736. The van der Waals surface area contributed by atoms with Crippen LogP contribution < -0.4 is 5.32 Å². The van der Waals surface area contributed by atoms with Crippen LogP contribution in [0, 0.1) is 0 Å². The molecule has 0 fully saturated rings. The molecule has 1 aromatic carbocycles. The van der Waals surface area contributed by atoms with Gasteiger partial charge in [-0.2, -0.15) is 0 Å². The Balaban J connectivity index is 1.32. The minimum absolute atomic E-state index is 0.00146. The maximum absolute atomic E-state index is 13.0. The molecule has 0 bridgehead atoms. The number of benzene rings is 1. The number of hydrogen-bond acceptors (Lipinski definition) is 7. The number of aromatic nitrogens is 3. The number of nitrogens with one attached hydrogen (secondary N) is 1. The molecule has 29 heavy (non-hydrogen) atoms. The highest BCUT2D eigenvalue weighted by Crippen LogP contribution is 2.30. The van der Waals surface area contributed by atoms with Crippen molar-refractivity contribution in [3.05, 3.63) is 69.9 Å². The average molecular weight is 422 g/mol. The van der Waals surface area contributed by atoms with Gasteiger partial charge in [0.25, 0.3) is 11.8 Å². The van der Waals surface area contributed by atoms with E-state index >= 15 is 0 Å². The molecule has 1 aliphatic rings. The zero-order chi connectivity index (χ0) is 19.8. The number of carbonyl (C=O) groups is 2. The van der Waals surface area contributed by atoms with E-state index in [1.54, 1.807) is 29.9 Å². The van der Waals surface area contributed by atoms with E-state index in [-0.39, 0.29) is 11.8 Å². The minimum atomic E-state index is -0.289. The van der Waals surface area contributed by atoms with Crippen LogP contribution in [0.15, 0.2) is 48.1 Å². The average Bonchev–Trinajstić information content (AvgIpc) is 3.38. The first-order valence-corrected chi connectivity index (χ1v) is 10.7. The molecule has 4 heterocycles. The van der Waals surface area contributed by atoms with Gasteiger partial charge in [0.05, 0.1) is 28.0 Å². The van der Waals surface area contributed by atoms with Crippen LogP contribution in [0.1, 0.15) is 31.4 Å². The molecule has 0 radical (unpaired) electrons. The van der Waals surface area contributed by atoms with E-state index in [2.05, 4.69) is 20.3 Å². The highest BCUT2D eigenvalue weighted by molar-refractivity contribution is 7.16. The van der Waals surface area contributed by atoms with Gasteiger partial charge in [0.2, 0.25) is 0 Å². The zero-order valence-electron chi connectivity index (χ0n) is 15.2. The van der Waals surface area contributed by atoms with Gasteiger partial charge in [0.15, 0.2) is 5.13 Å². The van der Waals surface area contributed by atoms with Gasteiger partial charge in [-0.15, -0.1) is 11.3 Å². The van der Waals surface area contributed by atoms with Crippen LogP contribution in [-0.4, -0.2) is 38.2 Å². The smallest absolute Gasteiger partial charge is 0.276 e. The summed E-state index contributed by atoms with van der Waals surface area (Å²) in [5.41, 5.74) is 4.63. The third-order valence-electron chi connectivity index (χ3n) is 4.71. The molecule has 4 aromatic rings. The molecule has 0 aliphatic carbocycles. The van der Waals surface area contributed by atoms with Crippen LogP contribution in [0.2, 0.25) is 0 Å². The van der Waals surface area contributed by atoms with Gasteiger partial charge in [-0.05, 0) is 30.3 Å². The van der Waals surface area contributed by atoms with Gasteiger partial charge in [-0.25, -0.2) is 9.97 Å².